The SMILES string of the molecule is C[C@@H]1C[C@H](C)CN(S(=O)(=O)c2ccc3c(c2)oc(=O)n3CC(=O)N2CCc3ccccc32)C1. The Morgan fingerprint density at radius 1 is 1.09 bits per heavy atom. The molecule has 1 amide bonds. The molecule has 2 aromatic carbocycles. The second-order valence-electron chi connectivity index (χ2n) is 9.28. The first-order chi connectivity index (χ1) is 15.7. The van der Waals surface area contributed by atoms with Gasteiger partial charge >= 0.3 is 5.76 Å². The Morgan fingerprint density at radius 3 is 2.58 bits per heavy atom. The summed E-state index contributed by atoms with van der Waals surface area (Å²) in [6.07, 6.45) is 1.77. The average Bonchev–Trinajstić information content (AvgIpc) is 3.33. The van der Waals surface area contributed by atoms with E-state index in [1.165, 1.54) is 21.0 Å². The van der Waals surface area contributed by atoms with Crippen LogP contribution in [0.15, 0.2) is 56.6 Å². The lowest BCUT2D eigenvalue weighted by Crippen LogP contribution is -2.42. The van der Waals surface area contributed by atoms with Crippen molar-refractivity contribution in [3.05, 3.63) is 58.6 Å². The van der Waals surface area contributed by atoms with Crippen LogP contribution in [0.5, 0.6) is 0 Å². The fraction of sp³-hybridized carbons (Fsp3) is 0.417. The van der Waals surface area contributed by atoms with Crippen molar-refractivity contribution in [1.29, 1.82) is 0 Å². The molecule has 174 valence electrons. The maximum absolute atomic E-state index is 13.2. The van der Waals surface area contributed by atoms with E-state index in [1.54, 1.807) is 11.0 Å². The summed E-state index contributed by atoms with van der Waals surface area (Å²) in [6.45, 7) is 5.45. The standard InChI is InChI=1S/C24H27N3O5S/c1-16-11-17(2)14-25(13-16)33(30,31)19-7-8-21-22(12-19)32-24(29)27(21)15-23(28)26-10-9-18-5-3-4-6-20(18)26/h3-8,12,16-17H,9-11,13-15H2,1-2H3/t16-,17+. The Bertz CT molecular complexity index is 1380. The number of rotatable bonds is 4. The Kier molecular flexibility index (Phi) is 5.41. The predicted octanol–water partition coefficient (Wildman–Crippen LogP) is 2.85. The molecule has 1 aromatic heterocycles. The van der Waals surface area contributed by atoms with Gasteiger partial charge < -0.3 is 9.32 Å². The zero-order chi connectivity index (χ0) is 23.3. The molecular formula is C24H27N3O5S. The van der Waals surface area contributed by atoms with Crippen LogP contribution in [-0.2, 0) is 27.8 Å². The minimum Gasteiger partial charge on any atom is -0.408 e. The number of piperidine rings is 1. The van der Waals surface area contributed by atoms with E-state index in [1.807, 2.05) is 24.3 Å². The molecule has 5 rings (SSSR count). The second kappa shape index (κ2) is 8.14. The van der Waals surface area contributed by atoms with Crippen molar-refractivity contribution in [2.45, 2.75) is 38.1 Å². The Balaban J connectivity index is 1.43. The van der Waals surface area contributed by atoms with E-state index in [2.05, 4.69) is 13.8 Å². The number of sulfonamides is 1. The van der Waals surface area contributed by atoms with E-state index < -0.39 is 15.8 Å². The molecule has 0 unspecified atom stereocenters. The van der Waals surface area contributed by atoms with Gasteiger partial charge in [-0.15, -0.1) is 0 Å². The lowest BCUT2D eigenvalue weighted by atomic mass is 9.94. The lowest BCUT2D eigenvalue weighted by Gasteiger charge is -2.34. The molecule has 0 aliphatic carbocycles. The number of nitrogens with zero attached hydrogens (tertiary/aromatic N) is 3. The fourth-order valence-corrected chi connectivity index (χ4v) is 6.82. The molecule has 2 aliphatic rings. The second-order valence-corrected chi connectivity index (χ2v) is 11.2. The highest BCUT2D eigenvalue weighted by atomic mass is 32.2. The van der Waals surface area contributed by atoms with Gasteiger partial charge in [-0.1, -0.05) is 32.0 Å². The summed E-state index contributed by atoms with van der Waals surface area (Å²) in [5.74, 6) is -0.320. The fourth-order valence-electron chi connectivity index (χ4n) is 5.13. The number of hydrogen-bond acceptors (Lipinski definition) is 5. The maximum atomic E-state index is 13.2. The molecular weight excluding hydrogens is 442 g/mol. The van der Waals surface area contributed by atoms with Crippen LogP contribution in [0.3, 0.4) is 0 Å². The van der Waals surface area contributed by atoms with Crippen molar-refractivity contribution in [3.63, 3.8) is 0 Å². The first kappa shape index (κ1) is 21.9. The van der Waals surface area contributed by atoms with Crippen molar-refractivity contribution < 1.29 is 17.6 Å². The molecule has 3 heterocycles. The van der Waals surface area contributed by atoms with Crippen LogP contribution in [0.25, 0.3) is 11.1 Å². The number of para-hydroxylation sites is 1. The van der Waals surface area contributed by atoms with E-state index in [9.17, 15) is 18.0 Å². The molecule has 0 N–H and O–H groups in total. The molecule has 1 fully saturated rings. The van der Waals surface area contributed by atoms with Crippen LogP contribution in [0.2, 0.25) is 0 Å². The van der Waals surface area contributed by atoms with Gasteiger partial charge in [0.1, 0.15) is 6.54 Å². The van der Waals surface area contributed by atoms with Crippen molar-refractivity contribution >= 4 is 32.7 Å². The summed E-state index contributed by atoms with van der Waals surface area (Å²) in [5.41, 5.74) is 2.53. The van der Waals surface area contributed by atoms with Crippen LogP contribution in [0.4, 0.5) is 5.69 Å². The number of fused-ring (bicyclic) bond motifs is 2. The number of hydrogen-bond donors (Lipinski definition) is 0. The normalized spacial score (nSPS) is 21.5. The van der Waals surface area contributed by atoms with Gasteiger partial charge in [0.15, 0.2) is 5.58 Å². The van der Waals surface area contributed by atoms with E-state index in [0.29, 0.717) is 25.2 Å². The highest BCUT2D eigenvalue weighted by molar-refractivity contribution is 7.89. The molecule has 1 saturated heterocycles. The van der Waals surface area contributed by atoms with Gasteiger partial charge in [0, 0.05) is 31.4 Å². The summed E-state index contributed by atoms with van der Waals surface area (Å²) in [6, 6.07) is 12.1. The zero-order valence-electron chi connectivity index (χ0n) is 18.7. The smallest absolute Gasteiger partial charge is 0.408 e. The first-order valence-electron chi connectivity index (χ1n) is 11.3. The molecule has 33 heavy (non-hydrogen) atoms. The van der Waals surface area contributed by atoms with Gasteiger partial charge in [-0.05, 0) is 48.4 Å². The summed E-state index contributed by atoms with van der Waals surface area (Å²) >= 11 is 0. The summed E-state index contributed by atoms with van der Waals surface area (Å²) in [5, 5.41) is 0. The van der Waals surface area contributed by atoms with Gasteiger partial charge in [-0.3, -0.25) is 9.36 Å². The van der Waals surface area contributed by atoms with Crippen LogP contribution >= 0.6 is 0 Å². The average molecular weight is 470 g/mol. The van der Waals surface area contributed by atoms with E-state index in [0.717, 1.165) is 24.1 Å². The number of aromatic nitrogens is 1. The van der Waals surface area contributed by atoms with Crippen LogP contribution in [-0.4, -0.2) is 42.8 Å². The number of amides is 1. The predicted molar refractivity (Wildman–Crippen MR) is 125 cm³/mol. The third kappa shape index (κ3) is 3.89. The minimum atomic E-state index is -3.71. The van der Waals surface area contributed by atoms with Crippen molar-refractivity contribution in [3.8, 4) is 0 Å². The van der Waals surface area contributed by atoms with E-state index in [-0.39, 0.29) is 34.8 Å². The molecule has 2 aliphatic heterocycles. The Labute approximate surface area is 192 Å². The molecule has 3 aromatic rings. The molecule has 9 heteroatoms. The minimum absolute atomic E-state index is 0.0944. The quantitative estimate of drug-likeness (QED) is 0.586. The summed E-state index contributed by atoms with van der Waals surface area (Å²) < 4.78 is 34.6. The van der Waals surface area contributed by atoms with Crippen molar-refractivity contribution in [1.82, 2.24) is 8.87 Å². The van der Waals surface area contributed by atoms with Crippen molar-refractivity contribution in [2.75, 3.05) is 24.5 Å². The third-order valence-corrected chi connectivity index (χ3v) is 8.42. The molecule has 2 atom stereocenters. The van der Waals surface area contributed by atoms with Crippen LogP contribution in [0.1, 0.15) is 25.8 Å². The number of benzene rings is 2. The molecule has 8 nitrogen and oxygen atoms in total. The number of carbonyl (C=O) groups excluding carboxylic acids is 1. The Morgan fingerprint density at radius 2 is 1.82 bits per heavy atom. The molecule has 0 bridgehead atoms. The molecule has 0 saturated carbocycles. The largest absolute Gasteiger partial charge is 0.420 e. The van der Waals surface area contributed by atoms with Gasteiger partial charge in [-0.25, -0.2) is 13.2 Å². The molecule has 0 spiro atoms. The third-order valence-electron chi connectivity index (χ3n) is 6.59. The first-order valence-corrected chi connectivity index (χ1v) is 12.7. The van der Waals surface area contributed by atoms with Gasteiger partial charge in [0.05, 0.1) is 10.4 Å². The van der Waals surface area contributed by atoms with Crippen LogP contribution < -0.4 is 10.7 Å². The van der Waals surface area contributed by atoms with Gasteiger partial charge in [0.2, 0.25) is 15.9 Å². The monoisotopic (exact) mass is 469 g/mol. The highest BCUT2D eigenvalue weighted by Crippen LogP contribution is 2.29. The number of carbonyl (C=O) groups is 1. The maximum Gasteiger partial charge on any atom is 0.420 e. The summed E-state index contributed by atoms with van der Waals surface area (Å²) in [4.78, 5) is 27.3. The topological polar surface area (TPSA) is 92.8 Å². The van der Waals surface area contributed by atoms with Crippen molar-refractivity contribution in [2.24, 2.45) is 11.8 Å². The van der Waals surface area contributed by atoms with E-state index >= 15 is 0 Å². The highest BCUT2D eigenvalue weighted by Gasteiger charge is 2.32. The van der Waals surface area contributed by atoms with E-state index in [4.69, 9.17) is 4.42 Å². The lowest BCUT2D eigenvalue weighted by molar-refractivity contribution is -0.119. The zero-order valence-corrected chi connectivity index (χ0v) is 19.5. The van der Waals surface area contributed by atoms with Gasteiger partial charge in [0.25, 0.3) is 0 Å². The number of anilines is 1. The van der Waals surface area contributed by atoms with Gasteiger partial charge in [-0.2, -0.15) is 4.31 Å². The molecule has 0 radical (unpaired) electrons. The van der Waals surface area contributed by atoms with Crippen LogP contribution in [0, 0.1) is 11.8 Å². The Hall–Kier alpha value is -2.91. The summed E-state index contributed by atoms with van der Waals surface area (Å²) in [7, 11) is -3.71. The number of oxazole rings is 1.